The van der Waals surface area contributed by atoms with E-state index >= 15 is 0 Å². The maximum absolute atomic E-state index is 11.9. The molecule has 4 heteroatoms. The average molecular weight is 304 g/mol. The van der Waals surface area contributed by atoms with E-state index in [1.165, 1.54) is 0 Å². The summed E-state index contributed by atoms with van der Waals surface area (Å²) in [5.74, 6) is 0.350. The van der Waals surface area contributed by atoms with E-state index in [2.05, 4.69) is 5.32 Å². The van der Waals surface area contributed by atoms with Crippen LogP contribution in [0.1, 0.15) is 16.7 Å². The Morgan fingerprint density at radius 1 is 1.14 bits per heavy atom. The molecule has 2 aromatic carbocycles. The Labute approximate surface area is 129 Å². The molecule has 0 spiro atoms. The van der Waals surface area contributed by atoms with E-state index in [4.69, 9.17) is 16.3 Å². The number of hydrogen-bond donors (Lipinski definition) is 1. The van der Waals surface area contributed by atoms with E-state index < -0.39 is 0 Å². The van der Waals surface area contributed by atoms with Crippen molar-refractivity contribution in [3.63, 3.8) is 0 Å². The molecule has 0 aliphatic carbocycles. The molecular weight excluding hydrogens is 286 g/mol. The second-order valence-corrected chi connectivity index (χ2v) is 5.45. The number of carbonyl (C=O) groups is 1. The van der Waals surface area contributed by atoms with Gasteiger partial charge in [-0.15, -0.1) is 0 Å². The number of rotatable bonds is 4. The van der Waals surface area contributed by atoms with Crippen molar-refractivity contribution in [2.24, 2.45) is 0 Å². The Hall–Kier alpha value is -2.00. The van der Waals surface area contributed by atoms with Crippen LogP contribution in [0.25, 0.3) is 0 Å². The number of amides is 1. The smallest absolute Gasteiger partial charge is 0.262 e. The van der Waals surface area contributed by atoms with Crippen molar-refractivity contribution >= 4 is 23.2 Å². The van der Waals surface area contributed by atoms with Gasteiger partial charge < -0.3 is 10.1 Å². The van der Waals surface area contributed by atoms with Gasteiger partial charge in [0.15, 0.2) is 6.61 Å². The van der Waals surface area contributed by atoms with Crippen LogP contribution in [0.4, 0.5) is 5.69 Å². The number of anilines is 1. The number of carbonyl (C=O) groups excluding carboxylic acids is 1. The fourth-order valence-electron chi connectivity index (χ4n) is 2.12. The highest BCUT2D eigenvalue weighted by atomic mass is 35.5. The van der Waals surface area contributed by atoms with Crippen molar-refractivity contribution in [1.82, 2.24) is 0 Å². The van der Waals surface area contributed by atoms with Crippen molar-refractivity contribution < 1.29 is 9.53 Å². The van der Waals surface area contributed by atoms with Crippen LogP contribution in [0, 0.1) is 20.8 Å². The van der Waals surface area contributed by atoms with Gasteiger partial charge in [0, 0.05) is 5.69 Å². The Bertz CT molecular complexity index is 645. The molecule has 0 unspecified atom stereocenters. The highest BCUT2D eigenvalue weighted by molar-refractivity contribution is 6.32. The first-order valence-corrected chi connectivity index (χ1v) is 7.10. The molecule has 0 bridgehead atoms. The van der Waals surface area contributed by atoms with Crippen molar-refractivity contribution in [2.45, 2.75) is 20.8 Å². The Morgan fingerprint density at radius 3 is 2.52 bits per heavy atom. The Kier molecular flexibility index (Phi) is 4.86. The SMILES string of the molecule is Cc1cc(C)c(OCC(=O)Nc2ccccc2C)c(Cl)c1. The summed E-state index contributed by atoms with van der Waals surface area (Å²) >= 11 is 6.15. The molecule has 1 N–H and O–H groups in total. The monoisotopic (exact) mass is 303 g/mol. The summed E-state index contributed by atoms with van der Waals surface area (Å²) in [6, 6.07) is 11.4. The van der Waals surface area contributed by atoms with Crippen LogP contribution in [-0.2, 0) is 4.79 Å². The predicted molar refractivity (Wildman–Crippen MR) is 86.2 cm³/mol. The predicted octanol–water partition coefficient (Wildman–Crippen LogP) is 4.28. The van der Waals surface area contributed by atoms with Crippen LogP contribution in [-0.4, -0.2) is 12.5 Å². The second kappa shape index (κ2) is 6.64. The number of halogens is 1. The van der Waals surface area contributed by atoms with E-state index in [9.17, 15) is 4.79 Å². The van der Waals surface area contributed by atoms with Crippen LogP contribution < -0.4 is 10.1 Å². The Morgan fingerprint density at radius 2 is 1.86 bits per heavy atom. The molecule has 2 rings (SSSR count). The number of hydrogen-bond acceptors (Lipinski definition) is 2. The number of aryl methyl sites for hydroxylation is 3. The summed E-state index contributed by atoms with van der Waals surface area (Å²) in [5.41, 5.74) is 3.78. The molecule has 1 amide bonds. The molecule has 0 aliphatic rings. The molecule has 110 valence electrons. The summed E-state index contributed by atoms with van der Waals surface area (Å²) < 4.78 is 5.55. The van der Waals surface area contributed by atoms with Crippen LogP contribution >= 0.6 is 11.6 Å². The minimum Gasteiger partial charge on any atom is -0.482 e. The molecule has 0 radical (unpaired) electrons. The lowest BCUT2D eigenvalue weighted by atomic mass is 10.1. The topological polar surface area (TPSA) is 38.3 Å². The van der Waals surface area contributed by atoms with Crippen LogP contribution in [0.5, 0.6) is 5.75 Å². The molecule has 0 heterocycles. The van der Waals surface area contributed by atoms with Crippen molar-refractivity contribution in [1.29, 1.82) is 0 Å². The first-order valence-electron chi connectivity index (χ1n) is 6.72. The van der Waals surface area contributed by atoms with E-state index in [-0.39, 0.29) is 12.5 Å². The molecular formula is C17H18ClNO2. The first kappa shape index (κ1) is 15.4. The number of ether oxygens (including phenoxy) is 1. The molecule has 3 nitrogen and oxygen atoms in total. The highest BCUT2D eigenvalue weighted by Gasteiger charge is 2.10. The third-order valence-electron chi connectivity index (χ3n) is 3.14. The van der Waals surface area contributed by atoms with Gasteiger partial charge in [-0.05, 0) is 49.6 Å². The minimum absolute atomic E-state index is 0.0715. The van der Waals surface area contributed by atoms with Gasteiger partial charge in [-0.3, -0.25) is 4.79 Å². The van der Waals surface area contributed by atoms with Crippen LogP contribution in [0.2, 0.25) is 5.02 Å². The quantitative estimate of drug-likeness (QED) is 0.915. The van der Waals surface area contributed by atoms with Gasteiger partial charge in [-0.25, -0.2) is 0 Å². The van der Waals surface area contributed by atoms with Gasteiger partial charge in [-0.1, -0.05) is 35.9 Å². The second-order valence-electron chi connectivity index (χ2n) is 5.04. The molecule has 0 fully saturated rings. The fourth-order valence-corrected chi connectivity index (χ4v) is 2.50. The summed E-state index contributed by atoms with van der Waals surface area (Å²) in [7, 11) is 0. The number of nitrogens with one attached hydrogen (secondary N) is 1. The molecule has 0 saturated heterocycles. The molecule has 21 heavy (non-hydrogen) atoms. The first-order chi connectivity index (χ1) is 9.97. The van der Waals surface area contributed by atoms with Gasteiger partial charge in [0.2, 0.25) is 0 Å². The summed E-state index contributed by atoms with van der Waals surface area (Å²) in [4.78, 5) is 11.9. The van der Waals surface area contributed by atoms with E-state index in [0.717, 1.165) is 22.4 Å². The summed E-state index contributed by atoms with van der Waals surface area (Å²) in [5, 5.41) is 3.35. The van der Waals surface area contributed by atoms with Gasteiger partial charge in [0.25, 0.3) is 5.91 Å². The fraction of sp³-hybridized carbons (Fsp3) is 0.235. The lowest BCUT2D eigenvalue weighted by molar-refractivity contribution is -0.118. The molecule has 0 saturated carbocycles. The third kappa shape index (κ3) is 3.99. The van der Waals surface area contributed by atoms with Crippen LogP contribution in [0.3, 0.4) is 0 Å². The van der Waals surface area contributed by atoms with E-state index in [1.54, 1.807) is 0 Å². The normalized spacial score (nSPS) is 10.3. The third-order valence-corrected chi connectivity index (χ3v) is 3.42. The molecule has 2 aromatic rings. The molecule has 0 aromatic heterocycles. The number of benzene rings is 2. The van der Waals surface area contributed by atoms with Gasteiger partial charge in [-0.2, -0.15) is 0 Å². The standard InChI is InChI=1S/C17H18ClNO2/c1-11-8-13(3)17(14(18)9-11)21-10-16(20)19-15-7-5-4-6-12(15)2/h4-9H,10H2,1-3H3,(H,19,20). The maximum atomic E-state index is 11.9. The van der Waals surface area contributed by atoms with E-state index in [1.807, 2.05) is 57.2 Å². The minimum atomic E-state index is -0.208. The molecule has 0 atom stereocenters. The maximum Gasteiger partial charge on any atom is 0.262 e. The largest absolute Gasteiger partial charge is 0.482 e. The zero-order chi connectivity index (χ0) is 15.4. The Balaban J connectivity index is 2.01. The van der Waals surface area contributed by atoms with Crippen molar-refractivity contribution in [2.75, 3.05) is 11.9 Å². The van der Waals surface area contributed by atoms with Gasteiger partial charge in [0.1, 0.15) is 5.75 Å². The summed E-state index contributed by atoms with van der Waals surface area (Å²) in [6.07, 6.45) is 0. The molecule has 0 aliphatic heterocycles. The zero-order valence-electron chi connectivity index (χ0n) is 12.4. The van der Waals surface area contributed by atoms with Crippen molar-refractivity contribution in [3.8, 4) is 5.75 Å². The number of para-hydroxylation sites is 1. The van der Waals surface area contributed by atoms with Crippen LogP contribution in [0.15, 0.2) is 36.4 Å². The average Bonchev–Trinajstić information content (AvgIpc) is 2.40. The van der Waals surface area contributed by atoms with E-state index in [0.29, 0.717) is 10.8 Å². The van der Waals surface area contributed by atoms with Gasteiger partial charge >= 0.3 is 0 Å². The zero-order valence-corrected chi connectivity index (χ0v) is 13.1. The van der Waals surface area contributed by atoms with Gasteiger partial charge in [0.05, 0.1) is 5.02 Å². The van der Waals surface area contributed by atoms with Crippen molar-refractivity contribution in [3.05, 3.63) is 58.1 Å². The lowest BCUT2D eigenvalue weighted by Gasteiger charge is -2.12. The highest BCUT2D eigenvalue weighted by Crippen LogP contribution is 2.29. The lowest BCUT2D eigenvalue weighted by Crippen LogP contribution is -2.21. The summed E-state index contributed by atoms with van der Waals surface area (Å²) in [6.45, 7) is 5.75.